The van der Waals surface area contributed by atoms with Crippen LogP contribution >= 0.6 is 7.60 Å². The third-order valence-electron chi connectivity index (χ3n) is 1.89. The number of rotatable bonds is 5. The maximum Gasteiger partial charge on any atom is 0.334 e. The van der Waals surface area contributed by atoms with Gasteiger partial charge in [0, 0.05) is 26.8 Å². The number of hydrogen-bond donors (Lipinski definition) is 1. The summed E-state index contributed by atoms with van der Waals surface area (Å²) in [6.07, 6.45) is 1.73. The van der Waals surface area contributed by atoms with Crippen molar-refractivity contribution in [1.29, 1.82) is 0 Å². The normalized spacial score (nSPS) is 11.6. The van der Waals surface area contributed by atoms with E-state index in [1.807, 2.05) is 0 Å². The van der Waals surface area contributed by atoms with Crippen molar-refractivity contribution in [2.24, 2.45) is 0 Å². The van der Waals surface area contributed by atoms with Crippen LogP contribution in [0.3, 0.4) is 0 Å². The number of anilines is 1. The van der Waals surface area contributed by atoms with Gasteiger partial charge in [0.25, 0.3) is 0 Å². The molecule has 0 aliphatic carbocycles. The molecule has 0 bridgehead atoms. The topological polar surface area (TPSA) is 60.7 Å². The minimum Gasteiger partial charge on any atom is -0.449 e. The van der Waals surface area contributed by atoms with Crippen LogP contribution in [0.1, 0.15) is 5.56 Å². The Morgan fingerprint density at radius 1 is 1.50 bits per heavy atom. The van der Waals surface area contributed by atoms with Crippen LogP contribution in [0, 0.1) is 0 Å². The van der Waals surface area contributed by atoms with Gasteiger partial charge in [-0.3, -0.25) is 4.57 Å². The zero-order valence-corrected chi connectivity index (χ0v) is 9.34. The SMILES string of the molecule is CNc1occc1CP(=O)(OC)OC. The molecule has 6 heteroatoms. The van der Waals surface area contributed by atoms with Crippen LogP contribution in [0.5, 0.6) is 0 Å². The second kappa shape index (κ2) is 4.64. The molecule has 1 aromatic rings. The standard InChI is InChI=1S/C8H14NO4P/c1-9-8-7(4-5-13-8)6-14(10,11-2)12-3/h4-5,9H,6H2,1-3H3. The van der Waals surface area contributed by atoms with Gasteiger partial charge in [0.1, 0.15) is 0 Å². The summed E-state index contributed by atoms with van der Waals surface area (Å²) in [5, 5.41) is 2.85. The summed E-state index contributed by atoms with van der Waals surface area (Å²) in [5.41, 5.74) is 0.777. The van der Waals surface area contributed by atoms with Gasteiger partial charge >= 0.3 is 7.60 Å². The lowest BCUT2D eigenvalue weighted by Gasteiger charge is -2.12. The van der Waals surface area contributed by atoms with Crippen molar-refractivity contribution in [3.63, 3.8) is 0 Å². The molecule has 0 aliphatic heterocycles. The maximum absolute atomic E-state index is 11.8. The van der Waals surface area contributed by atoms with E-state index in [1.165, 1.54) is 20.5 Å². The van der Waals surface area contributed by atoms with Crippen LogP contribution < -0.4 is 5.32 Å². The quantitative estimate of drug-likeness (QED) is 0.770. The Morgan fingerprint density at radius 3 is 2.64 bits per heavy atom. The lowest BCUT2D eigenvalue weighted by atomic mass is 10.4. The molecule has 0 unspecified atom stereocenters. The van der Waals surface area contributed by atoms with Gasteiger partial charge in [-0.2, -0.15) is 0 Å². The Hall–Kier alpha value is -0.770. The zero-order valence-electron chi connectivity index (χ0n) is 8.44. The predicted molar refractivity (Wildman–Crippen MR) is 53.6 cm³/mol. The number of hydrogen-bond acceptors (Lipinski definition) is 5. The van der Waals surface area contributed by atoms with Gasteiger partial charge < -0.3 is 18.8 Å². The maximum atomic E-state index is 11.8. The van der Waals surface area contributed by atoms with Gasteiger partial charge in [0.15, 0.2) is 5.88 Å². The van der Waals surface area contributed by atoms with Crippen molar-refractivity contribution in [3.8, 4) is 0 Å². The van der Waals surface area contributed by atoms with Crippen LogP contribution in [-0.4, -0.2) is 21.3 Å². The molecule has 0 radical (unpaired) electrons. The lowest BCUT2D eigenvalue weighted by molar-refractivity contribution is 0.274. The molecule has 1 aromatic heterocycles. The third-order valence-corrected chi connectivity index (χ3v) is 3.73. The summed E-state index contributed by atoms with van der Waals surface area (Å²) in [4.78, 5) is 0. The molecule has 0 saturated carbocycles. The van der Waals surface area contributed by atoms with Crippen LogP contribution in [-0.2, 0) is 19.8 Å². The summed E-state index contributed by atoms with van der Waals surface area (Å²) in [7, 11) is 1.45. The third kappa shape index (κ3) is 2.38. The molecule has 0 aromatic carbocycles. The highest BCUT2D eigenvalue weighted by molar-refractivity contribution is 7.52. The summed E-state index contributed by atoms with van der Waals surface area (Å²) >= 11 is 0. The summed E-state index contributed by atoms with van der Waals surface area (Å²) in [5.74, 6) is 0.583. The second-order valence-corrected chi connectivity index (χ2v) is 4.93. The minimum atomic E-state index is -3.01. The first-order chi connectivity index (χ1) is 6.65. The summed E-state index contributed by atoms with van der Waals surface area (Å²) in [6.45, 7) is 0. The largest absolute Gasteiger partial charge is 0.449 e. The number of furan rings is 1. The first kappa shape index (κ1) is 11.3. The van der Waals surface area contributed by atoms with Crippen molar-refractivity contribution in [2.45, 2.75) is 6.16 Å². The molecule has 1 rings (SSSR count). The van der Waals surface area contributed by atoms with Crippen molar-refractivity contribution >= 4 is 13.5 Å². The van der Waals surface area contributed by atoms with Crippen molar-refractivity contribution < 1.29 is 18.0 Å². The Bertz CT molecular complexity index is 328. The van der Waals surface area contributed by atoms with Gasteiger partial charge in [-0.25, -0.2) is 0 Å². The summed E-state index contributed by atoms with van der Waals surface area (Å²) in [6, 6.07) is 1.73. The molecule has 1 N–H and O–H groups in total. The zero-order chi connectivity index (χ0) is 10.6. The molecule has 80 valence electrons. The van der Waals surface area contributed by atoms with E-state index < -0.39 is 7.60 Å². The molecular formula is C8H14NO4P. The van der Waals surface area contributed by atoms with Gasteiger partial charge in [-0.15, -0.1) is 0 Å². The second-order valence-electron chi connectivity index (χ2n) is 2.66. The molecular weight excluding hydrogens is 205 g/mol. The van der Waals surface area contributed by atoms with Gasteiger partial charge in [0.2, 0.25) is 0 Å². The Labute approximate surface area is 82.9 Å². The highest BCUT2D eigenvalue weighted by Gasteiger charge is 2.24. The Morgan fingerprint density at radius 2 is 2.14 bits per heavy atom. The van der Waals surface area contributed by atoms with E-state index in [0.717, 1.165) is 5.56 Å². The fraction of sp³-hybridized carbons (Fsp3) is 0.500. The highest BCUT2D eigenvalue weighted by Crippen LogP contribution is 2.50. The van der Waals surface area contributed by atoms with Crippen molar-refractivity contribution in [3.05, 3.63) is 17.9 Å². The lowest BCUT2D eigenvalue weighted by Crippen LogP contribution is -1.96. The summed E-state index contributed by atoms with van der Waals surface area (Å²) < 4.78 is 26.5. The molecule has 0 amide bonds. The van der Waals surface area contributed by atoms with E-state index >= 15 is 0 Å². The Kier molecular flexibility index (Phi) is 3.75. The molecule has 0 atom stereocenters. The van der Waals surface area contributed by atoms with E-state index in [-0.39, 0.29) is 6.16 Å². The molecule has 5 nitrogen and oxygen atoms in total. The first-order valence-electron chi connectivity index (χ1n) is 4.10. The molecule has 0 fully saturated rings. The van der Waals surface area contributed by atoms with Crippen LogP contribution in [0.25, 0.3) is 0 Å². The van der Waals surface area contributed by atoms with Crippen LogP contribution in [0.15, 0.2) is 16.7 Å². The Balaban J connectivity index is 2.82. The number of nitrogens with one attached hydrogen (secondary N) is 1. The van der Waals surface area contributed by atoms with E-state index in [4.69, 9.17) is 13.5 Å². The van der Waals surface area contributed by atoms with Crippen LogP contribution in [0.2, 0.25) is 0 Å². The predicted octanol–water partition coefficient (Wildman–Crippen LogP) is 2.31. The highest BCUT2D eigenvalue weighted by atomic mass is 31.2. The molecule has 0 saturated heterocycles. The van der Waals surface area contributed by atoms with Crippen molar-refractivity contribution in [2.75, 3.05) is 26.6 Å². The smallest absolute Gasteiger partial charge is 0.334 e. The average Bonchev–Trinajstić information content (AvgIpc) is 2.65. The minimum absolute atomic E-state index is 0.201. The van der Waals surface area contributed by atoms with E-state index in [1.54, 1.807) is 13.1 Å². The first-order valence-corrected chi connectivity index (χ1v) is 5.82. The van der Waals surface area contributed by atoms with Crippen molar-refractivity contribution in [1.82, 2.24) is 0 Å². The van der Waals surface area contributed by atoms with E-state index in [2.05, 4.69) is 5.32 Å². The van der Waals surface area contributed by atoms with Crippen LogP contribution in [0.4, 0.5) is 5.88 Å². The fourth-order valence-corrected chi connectivity index (χ4v) is 2.17. The molecule has 14 heavy (non-hydrogen) atoms. The van der Waals surface area contributed by atoms with Gasteiger partial charge in [-0.1, -0.05) is 0 Å². The molecule has 0 spiro atoms. The monoisotopic (exact) mass is 219 g/mol. The average molecular weight is 219 g/mol. The van der Waals surface area contributed by atoms with Gasteiger partial charge in [-0.05, 0) is 6.07 Å². The molecule has 0 aliphatic rings. The van der Waals surface area contributed by atoms with E-state index in [9.17, 15) is 4.57 Å². The fourth-order valence-electron chi connectivity index (χ4n) is 1.09. The van der Waals surface area contributed by atoms with E-state index in [0.29, 0.717) is 5.88 Å². The molecule has 1 heterocycles. The van der Waals surface area contributed by atoms with Gasteiger partial charge in [0.05, 0.1) is 12.4 Å².